The van der Waals surface area contributed by atoms with Gasteiger partial charge >= 0.3 is 0 Å². The van der Waals surface area contributed by atoms with Crippen LogP contribution in [0.25, 0.3) is 28.1 Å². The highest BCUT2D eigenvalue weighted by molar-refractivity contribution is 5.81. The molecule has 0 aliphatic heterocycles. The number of phenolic OH excluding ortho intramolecular Hbond substituents is 1. The van der Waals surface area contributed by atoms with Crippen molar-refractivity contribution in [1.82, 2.24) is 19.7 Å². The van der Waals surface area contributed by atoms with E-state index in [4.69, 9.17) is 4.74 Å². The maximum absolute atomic E-state index is 12.8. The minimum atomic E-state index is -0.301. The molecule has 0 aliphatic carbocycles. The van der Waals surface area contributed by atoms with Crippen LogP contribution in [-0.2, 0) is 0 Å². The van der Waals surface area contributed by atoms with E-state index < -0.39 is 0 Å². The predicted molar refractivity (Wildman–Crippen MR) is 97.9 cm³/mol. The molecule has 0 atom stereocenters. The second kappa shape index (κ2) is 6.03. The fraction of sp³-hybridized carbons (Fsp3) is 0.105. The van der Waals surface area contributed by atoms with Crippen molar-refractivity contribution in [1.29, 1.82) is 0 Å². The van der Waals surface area contributed by atoms with Gasteiger partial charge in [-0.25, -0.2) is 9.67 Å². The lowest BCUT2D eigenvalue weighted by molar-refractivity contribution is 0.409. The van der Waals surface area contributed by atoms with Gasteiger partial charge in [-0.05, 0) is 31.2 Å². The number of nitrogens with zero attached hydrogens (tertiary/aromatic N) is 3. The molecule has 0 aliphatic rings. The molecule has 7 nitrogen and oxygen atoms in total. The first-order valence-corrected chi connectivity index (χ1v) is 8.01. The van der Waals surface area contributed by atoms with Crippen LogP contribution >= 0.6 is 0 Å². The lowest BCUT2D eigenvalue weighted by atomic mass is 10.1. The number of H-pyrrole nitrogens is 1. The van der Waals surface area contributed by atoms with Crippen molar-refractivity contribution in [3.8, 4) is 28.6 Å². The summed E-state index contributed by atoms with van der Waals surface area (Å²) in [6.07, 6.45) is 0. The minimum Gasteiger partial charge on any atom is -0.508 e. The van der Waals surface area contributed by atoms with Crippen molar-refractivity contribution < 1.29 is 9.84 Å². The first-order chi connectivity index (χ1) is 12.6. The van der Waals surface area contributed by atoms with Gasteiger partial charge in [0, 0.05) is 6.07 Å². The second-order valence-electron chi connectivity index (χ2n) is 5.83. The summed E-state index contributed by atoms with van der Waals surface area (Å²) in [5.74, 6) is 0.845. The Kier molecular flexibility index (Phi) is 3.69. The van der Waals surface area contributed by atoms with Crippen molar-refractivity contribution in [3.63, 3.8) is 0 Å². The van der Waals surface area contributed by atoms with Crippen LogP contribution in [0.3, 0.4) is 0 Å². The van der Waals surface area contributed by atoms with Gasteiger partial charge in [0.05, 0.1) is 24.1 Å². The number of methoxy groups -OCH3 is 1. The molecule has 0 radical (unpaired) electrons. The molecular weight excluding hydrogens is 332 g/mol. The summed E-state index contributed by atoms with van der Waals surface area (Å²) in [7, 11) is 1.49. The Hall–Kier alpha value is -3.61. The number of para-hydroxylation sites is 1. The zero-order valence-corrected chi connectivity index (χ0v) is 14.2. The molecule has 4 rings (SSSR count). The third kappa shape index (κ3) is 2.50. The highest BCUT2D eigenvalue weighted by Gasteiger charge is 2.17. The Morgan fingerprint density at radius 1 is 1.15 bits per heavy atom. The summed E-state index contributed by atoms with van der Waals surface area (Å²) in [4.78, 5) is 20.2. The summed E-state index contributed by atoms with van der Waals surface area (Å²) in [6.45, 7) is 1.81. The molecule has 0 spiro atoms. The molecule has 0 saturated heterocycles. The fourth-order valence-corrected chi connectivity index (χ4v) is 2.92. The Morgan fingerprint density at radius 2 is 1.92 bits per heavy atom. The van der Waals surface area contributed by atoms with E-state index in [-0.39, 0.29) is 11.3 Å². The van der Waals surface area contributed by atoms with Crippen LogP contribution in [0.4, 0.5) is 0 Å². The Labute approximate surface area is 148 Å². The zero-order valence-electron chi connectivity index (χ0n) is 14.2. The van der Waals surface area contributed by atoms with Gasteiger partial charge < -0.3 is 14.8 Å². The van der Waals surface area contributed by atoms with Gasteiger partial charge in [-0.3, -0.25) is 4.79 Å². The first-order valence-electron chi connectivity index (χ1n) is 8.01. The number of hydrogen-bond acceptors (Lipinski definition) is 5. The maximum atomic E-state index is 12.8. The molecule has 26 heavy (non-hydrogen) atoms. The SMILES string of the molecule is COc1cc(O)ccc1-c1nc2c(C)nn(-c3ccccc3)c2c(=O)[nH]1. The van der Waals surface area contributed by atoms with Gasteiger partial charge in [0.25, 0.3) is 5.56 Å². The van der Waals surface area contributed by atoms with E-state index >= 15 is 0 Å². The smallest absolute Gasteiger partial charge is 0.277 e. The van der Waals surface area contributed by atoms with Crippen LogP contribution in [0.15, 0.2) is 53.3 Å². The molecule has 0 unspecified atom stereocenters. The van der Waals surface area contributed by atoms with E-state index in [0.717, 1.165) is 5.69 Å². The normalized spacial score (nSPS) is 11.0. The van der Waals surface area contributed by atoms with Gasteiger partial charge in [0.15, 0.2) is 5.52 Å². The molecule has 4 aromatic rings. The van der Waals surface area contributed by atoms with Crippen LogP contribution in [-0.4, -0.2) is 32.0 Å². The standard InChI is InChI=1S/C19H16N4O3/c1-11-16-17(23(22-11)12-6-4-3-5-7-12)19(25)21-18(20-16)14-9-8-13(24)10-15(14)26-2/h3-10,24H,1-2H3,(H,20,21,25). The van der Waals surface area contributed by atoms with Crippen molar-refractivity contribution in [2.75, 3.05) is 7.11 Å². The largest absolute Gasteiger partial charge is 0.508 e. The number of fused-ring (bicyclic) bond motifs is 1. The van der Waals surface area contributed by atoms with E-state index in [1.807, 2.05) is 37.3 Å². The van der Waals surface area contributed by atoms with Crippen LogP contribution in [0.2, 0.25) is 0 Å². The van der Waals surface area contributed by atoms with Crippen LogP contribution in [0.1, 0.15) is 5.69 Å². The molecule has 130 valence electrons. The Balaban J connectivity index is 1.97. The van der Waals surface area contributed by atoms with Gasteiger partial charge in [-0.2, -0.15) is 5.10 Å². The van der Waals surface area contributed by atoms with Crippen LogP contribution in [0.5, 0.6) is 11.5 Å². The van der Waals surface area contributed by atoms with Crippen LogP contribution < -0.4 is 10.3 Å². The molecule has 0 bridgehead atoms. The van der Waals surface area contributed by atoms with E-state index in [2.05, 4.69) is 15.1 Å². The molecule has 0 saturated carbocycles. The lowest BCUT2D eigenvalue weighted by Crippen LogP contribution is -2.13. The van der Waals surface area contributed by atoms with Gasteiger partial charge in [0.1, 0.15) is 22.8 Å². The van der Waals surface area contributed by atoms with Crippen molar-refractivity contribution >= 4 is 11.0 Å². The third-order valence-electron chi connectivity index (χ3n) is 4.14. The molecule has 0 fully saturated rings. The number of benzene rings is 2. The number of ether oxygens (including phenoxy) is 1. The number of hydrogen-bond donors (Lipinski definition) is 2. The molecule has 2 N–H and O–H groups in total. The number of aromatic amines is 1. The number of aromatic hydroxyl groups is 1. The first kappa shape index (κ1) is 15.9. The molecular formula is C19H16N4O3. The molecule has 2 heterocycles. The van der Waals surface area contributed by atoms with E-state index in [9.17, 15) is 9.90 Å². The number of rotatable bonds is 3. The molecule has 0 amide bonds. The third-order valence-corrected chi connectivity index (χ3v) is 4.14. The Bertz CT molecular complexity index is 1160. The van der Waals surface area contributed by atoms with E-state index in [1.54, 1.807) is 10.7 Å². The molecule has 2 aromatic heterocycles. The fourth-order valence-electron chi connectivity index (χ4n) is 2.92. The van der Waals surface area contributed by atoms with Gasteiger partial charge in [-0.15, -0.1) is 0 Å². The summed E-state index contributed by atoms with van der Waals surface area (Å²) >= 11 is 0. The summed E-state index contributed by atoms with van der Waals surface area (Å²) in [5.41, 5.74) is 2.61. The number of aryl methyl sites for hydroxylation is 1. The average Bonchev–Trinajstić information content (AvgIpc) is 2.99. The average molecular weight is 348 g/mol. The van der Waals surface area contributed by atoms with Gasteiger partial charge in [0.2, 0.25) is 0 Å². The predicted octanol–water partition coefficient (Wildman–Crippen LogP) is 2.80. The number of phenols is 1. The minimum absolute atomic E-state index is 0.0714. The highest BCUT2D eigenvalue weighted by atomic mass is 16.5. The van der Waals surface area contributed by atoms with Crippen molar-refractivity contribution in [3.05, 3.63) is 64.6 Å². The van der Waals surface area contributed by atoms with Crippen molar-refractivity contribution in [2.45, 2.75) is 6.92 Å². The topological polar surface area (TPSA) is 93.0 Å². The molecule has 2 aromatic carbocycles. The number of aromatic nitrogens is 4. The van der Waals surface area contributed by atoms with Gasteiger partial charge in [-0.1, -0.05) is 18.2 Å². The highest BCUT2D eigenvalue weighted by Crippen LogP contribution is 2.31. The summed E-state index contributed by atoms with van der Waals surface area (Å²) in [6, 6.07) is 14.1. The maximum Gasteiger partial charge on any atom is 0.277 e. The quantitative estimate of drug-likeness (QED) is 0.594. The lowest BCUT2D eigenvalue weighted by Gasteiger charge is -2.08. The van der Waals surface area contributed by atoms with Crippen molar-refractivity contribution in [2.24, 2.45) is 0 Å². The number of nitrogens with one attached hydrogen (secondary N) is 1. The second-order valence-corrected chi connectivity index (χ2v) is 5.83. The summed E-state index contributed by atoms with van der Waals surface area (Å²) in [5, 5.41) is 14.1. The van der Waals surface area contributed by atoms with Crippen LogP contribution in [0, 0.1) is 6.92 Å². The zero-order chi connectivity index (χ0) is 18.3. The summed E-state index contributed by atoms with van der Waals surface area (Å²) < 4.78 is 6.89. The van der Waals surface area contributed by atoms with E-state index in [1.165, 1.54) is 19.2 Å². The van der Waals surface area contributed by atoms with E-state index in [0.29, 0.717) is 33.9 Å². The molecule has 7 heteroatoms. The Morgan fingerprint density at radius 3 is 2.65 bits per heavy atom. The monoisotopic (exact) mass is 348 g/mol.